The largest absolute Gasteiger partial charge is 0.491 e. The quantitative estimate of drug-likeness (QED) is 0.540. The molecule has 3 rings (SSSR count). The van der Waals surface area contributed by atoms with E-state index < -0.39 is 0 Å². The second-order valence-corrected chi connectivity index (χ2v) is 5.46. The molecule has 2 aromatic carbocycles. The lowest BCUT2D eigenvalue weighted by molar-refractivity contribution is 0.146. The summed E-state index contributed by atoms with van der Waals surface area (Å²) >= 11 is 0. The molecule has 0 saturated carbocycles. The second-order valence-electron chi connectivity index (χ2n) is 5.46. The number of anilines is 1. The van der Waals surface area contributed by atoms with E-state index in [0.717, 1.165) is 22.6 Å². The third kappa shape index (κ3) is 3.49. The van der Waals surface area contributed by atoms with Gasteiger partial charge in [-0.05, 0) is 29.8 Å². The number of rotatable bonds is 6. The summed E-state index contributed by atoms with van der Waals surface area (Å²) in [7, 11) is 1.64. The number of nitrogens with two attached hydrogens (primary N) is 1. The minimum atomic E-state index is 0.441. The van der Waals surface area contributed by atoms with Gasteiger partial charge < -0.3 is 19.8 Å². The Labute approximate surface area is 147 Å². The van der Waals surface area contributed by atoms with Crippen LogP contribution in [0.4, 0.5) is 11.5 Å². The number of para-hydroxylation sites is 1. The van der Waals surface area contributed by atoms with Crippen molar-refractivity contribution < 1.29 is 9.47 Å². The molecule has 0 spiro atoms. The fraction of sp³-hybridized carbons (Fsp3) is 0.150. The molecule has 5 nitrogen and oxygen atoms in total. The summed E-state index contributed by atoms with van der Waals surface area (Å²) in [5.74, 6) is 1.21. The molecule has 0 aliphatic rings. The summed E-state index contributed by atoms with van der Waals surface area (Å²) in [6.45, 7) is 8.54. The van der Waals surface area contributed by atoms with E-state index in [1.165, 1.54) is 0 Å². The zero-order chi connectivity index (χ0) is 17.6. The second kappa shape index (κ2) is 7.56. The molecule has 2 N–H and O–H groups in total. The van der Waals surface area contributed by atoms with Crippen molar-refractivity contribution in [2.45, 2.75) is 0 Å². The topological polar surface area (TPSA) is 53.8 Å². The molecule has 0 saturated heterocycles. The molecular weight excluding hydrogens is 314 g/mol. The van der Waals surface area contributed by atoms with Gasteiger partial charge in [-0.3, -0.25) is 0 Å². The van der Waals surface area contributed by atoms with Gasteiger partial charge in [0.15, 0.2) is 0 Å². The highest BCUT2D eigenvalue weighted by atomic mass is 16.5. The van der Waals surface area contributed by atoms with Gasteiger partial charge in [0.05, 0.1) is 13.2 Å². The minimum Gasteiger partial charge on any atom is -0.491 e. The summed E-state index contributed by atoms with van der Waals surface area (Å²) in [6, 6.07) is 17.4. The monoisotopic (exact) mass is 333 g/mol. The highest BCUT2D eigenvalue weighted by Crippen LogP contribution is 2.39. The van der Waals surface area contributed by atoms with Crippen LogP contribution in [-0.2, 0) is 4.74 Å². The van der Waals surface area contributed by atoms with E-state index in [2.05, 4.69) is 4.85 Å². The molecule has 0 fully saturated rings. The van der Waals surface area contributed by atoms with E-state index in [-0.39, 0.29) is 0 Å². The van der Waals surface area contributed by atoms with Crippen molar-refractivity contribution in [1.82, 2.24) is 4.57 Å². The SMILES string of the molecule is [C-]#[N+]c1c(-c2ccc(OCCOC)cc2)cn(-c2ccccc2)c1N. The number of hydrogen-bond acceptors (Lipinski definition) is 3. The van der Waals surface area contributed by atoms with Crippen LogP contribution in [0.3, 0.4) is 0 Å². The molecular formula is C20H19N3O2. The van der Waals surface area contributed by atoms with Gasteiger partial charge in [-0.15, -0.1) is 0 Å². The van der Waals surface area contributed by atoms with E-state index in [4.69, 9.17) is 21.8 Å². The molecule has 0 unspecified atom stereocenters. The van der Waals surface area contributed by atoms with Crippen LogP contribution in [-0.4, -0.2) is 24.9 Å². The Morgan fingerprint density at radius 1 is 1.04 bits per heavy atom. The average Bonchev–Trinajstić information content (AvgIpc) is 2.99. The minimum absolute atomic E-state index is 0.441. The fourth-order valence-corrected chi connectivity index (χ4v) is 2.62. The Morgan fingerprint density at radius 3 is 2.40 bits per heavy atom. The lowest BCUT2D eigenvalue weighted by Crippen LogP contribution is -2.03. The summed E-state index contributed by atoms with van der Waals surface area (Å²) in [5.41, 5.74) is 9.32. The van der Waals surface area contributed by atoms with Crippen molar-refractivity contribution in [2.75, 3.05) is 26.1 Å². The predicted octanol–water partition coefficient (Wildman–Crippen LogP) is 4.30. The van der Waals surface area contributed by atoms with Gasteiger partial charge >= 0.3 is 0 Å². The highest BCUT2D eigenvalue weighted by Gasteiger charge is 2.16. The maximum absolute atomic E-state index is 7.50. The molecule has 0 amide bonds. The van der Waals surface area contributed by atoms with Crippen molar-refractivity contribution in [2.24, 2.45) is 0 Å². The zero-order valence-corrected chi connectivity index (χ0v) is 14.0. The van der Waals surface area contributed by atoms with Gasteiger partial charge in [0, 0.05) is 24.6 Å². The molecule has 126 valence electrons. The van der Waals surface area contributed by atoms with Crippen LogP contribution in [0, 0.1) is 6.57 Å². The Kier molecular flexibility index (Phi) is 5.03. The first kappa shape index (κ1) is 16.6. The number of nitrogens with zero attached hydrogens (tertiary/aromatic N) is 2. The first-order valence-corrected chi connectivity index (χ1v) is 7.90. The van der Waals surface area contributed by atoms with Gasteiger partial charge in [-0.25, -0.2) is 4.85 Å². The number of methoxy groups -OCH3 is 1. The molecule has 1 heterocycles. The van der Waals surface area contributed by atoms with Crippen LogP contribution >= 0.6 is 0 Å². The normalized spacial score (nSPS) is 10.4. The summed E-state index contributed by atoms with van der Waals surface area (Å²) in [5, 5.41) is 0. The zero-order valence-electron chi connectivity index (χ0n) is 14.0. The number of ether oxygens (including phenoxy) is 2. The van der Waals surface area contributed by atoms with Crippen LogP contribution in [0.25, 0.3) is 21.7 Å². The van der Waals surface area contributed by atoms with Crippen molar-refractivity contribution in [3.8, 4) is 22.6 Å². The van der Waals surface area contributed by atoms with Gasteiger partial charge in [0.1, 0.15) is 18.2 Å². The van der Waals surface area contributed by atoms with E-state index in [0.29, 0.717) is 24.7 Å². The van der Waals surface area contributed by atoms with Crippen LogP contribution < -0.4 is 10.5 Å². The average molecular weight is 333 g/mol. The van der Waals surface area contributed by atoms with Crippen LogP contribution in [0.1, 0.15) is 0 Å². The molecule has 0 atom stereocenters. The first-order valence-electron chi connectivity index (χ1n) is 7.90. The van der Waals surface area contributed by atoms with Gasteiger partial charge in [0.2, 0.25) is 5.69 Å². The Bertz CT molecular complexity index is 878. The van der Waals surface area contributed by atoms with Crippen LogP contribution in [0.5, 0.6) is 5.75 Å². The van der Waals surface area contributed by atoms with E-state index in [9.17, 15) is 0 Å². The maximum atomic E-state index is 7.50. The Morgan fingerprint density at radius 2 is 1.76 bits per heavy atom. The first-order chi connectivity index (χ1) is 12.2. The number of hydrogen-bond donors (Lipinski definition) is 1. The molecule has 5 heteroatoms. The lowest BCUT2D eigenvalue weighted by Gasteiger charge is -2.06. The molecule has 1 aromatic heterocycles. The van der Waals surface area contributed by atoms with Crippen molar-refractivity contribution in [1.29, 1.82) is 0 Å². The third-order valence-electron chi connectivity index (χ3n) is 3.88. The lowest BCUT2D eigenvalue weighted by atomic mass is 10.1. The molecule has 3 aromatic rings. The van der Waals surface area contributed by atoms with E-state index in [1.54, 1.807) is 7.11 Å². The van der Waals surface area contributed by atoms with Crippen LogP contribution in [0.2, 0.25) is 0 Å². The molecule has 0 aliphatic heterocycles. The third-order valence-corrected chi connectivity index (χ3v) is 3.88. The van der Waals surface area contributed by atoms with Gasteiger partial charge in [-0.2, -0.15) is 0 Å². The van der Waals surface area contributed by atoms with Crippen LogP contribution in [0.15, 0.2) is 60.8 Å². The number of nitrogen functional groups attached to an aromatic ring is 1. The summed E-state index contributed by atoms with van der Waals surface area (Å²) < 4.78 is 12.4. The Hall–Kier alpha value is -3.23. The summed E-state index contributed by atoms with van der Waals surface area (Å²) in [4.78, 5) is 3.63. The summed E-state index contributed by atoms with van der Waals surface area (Å²) in [6.07, 6.45) is 1.90. The Balaban J connectivity index is 1.93. The van der Waals surface area contributed by atoms with Crippen molar-refractivity contribution in [3.63, 3.8) is 0 Å². The predicted molar refractivity (Wildman–Crippen MR) is 99.3 cm³/mol. The number of benzene rings is 2. The highest BCUT2D eigenvalue weighted by molar-refractivity contribution is 5.87. The molecule has 0 radical (unpaired) electrons. The van der Waals surface area contributed by atoms with Gasteiger partial charge in [0.25, 0.3) is 0 Å². The van der Waals surface area contributed by atoms with Crippen molar-refractivity contribution in [3.05, 3.63) is 72.2 Å². The van der Waals surface area contributed by atoms with E-state index in [1.807, 2.05) is 65.4 Å². The van der Waals surface area contributed by atoms with Gasteiger partial charge in [-0.1, -0.05) is 30.3 Å². The maximum Gasteiger partial charge on any atom is 0.235 e. The number of aromatic nitrogens is 1. The fourth-order valence-electron chi connectivity index (χ4n) is 2.62. The molecule has 0 aliphatic carbocycles. The van der Waals surface area contributed by atoms with Crippen molar-refractivity contribution >= 4 is 11.5 Å². The molecule has 25 heavy (non-hydrogen) atoms. The smallest absolute Gasteiger partial charge is 0.235 e. The standard InChI is InChI=1S/C20H19N3O2/c1-22-19-18(14-23(20(19)21)16-6-4-3-5-7-16)15-8-10-17(11-9-15)25-13-12-24-2/h3-11,14H,12-13,21H2,2H3. The molecule has 0 bridgehead atoms. The van der Waals surface area contributed by atoms with E-state index >= 15 is 0 Å².